The van der Waals surface area contributed by atoms with Crippen molar-refractivity contribution < 1.29 is 9.13 Å². The lowest BCUT2D eigenvalue weighted by atomic mass is 9.98. The second-order valence-electron chi connectivity index (χ2n) is 8.76. The largest absolute Gasteiger partial charge is 0.494 e. The summed E-state index contributed by atoms with van der Waals surface area (Å²) in [7, 11) is 1.50. The van der Waals surface area contributed by atoms with Gasteiger partial charge in [-0.15, -0.1) is 0 Å². The summed E-state index contributed by atoms with van der Waals surface area (Å²) in [6.07, 6.45) is 7.54. The molecule has 1 aliphatic carbocycles. The average molecular weight is 413 g/mol. The van der Waals surface area contributed by atoms with E-state index >= 15 is 0 Å². The van der Waals surface area contributed by atoms with E-state index in [4.69, 9.17) is 15.5 Å². The molecule has 0 bridgehead atoms. The predicted octanol–water partition coefficient (Wildman–Crippen LogP) is 4.14. The minimum atomic E-state index is -0.322. The maximum atomic E-state index is 13.7. The Hall–Kier alpha value is -2.18. The van der Waals surface area contributed by atoms with Gasteiger partial charge in [0, 0.05) is 37.4 Å². The summed E-state index contributed by atoms with van der Waals surface area (Å²) in [6.45, 7) is 4.12. The van der Waals surface area contributed by atoms with Crippen molar-refractivity contribution in [2.75, 3.05) is 25.1 Å². The molecule has 5 nitrogen and oxygen atoms in total. The summed E-state index contributed by atoms with van der Waals surface area (Å²) in [6, 6.07) is 10.4. The molecule has 6 heteroatoms. The summed E-state index contributed by atoms with van der Waals surface area (Å²) in [5.74, 6) is 1.58. The van der Waals surface area contributed by atoms with E-state index in [1.807, 2.05) is 6.07 Å². The van der Waals surface area contributed by atoms with Crippen LogP contribution >= 0.6 is 0 Å². The van der Waals surface area contributed by atoms with Crippen LogP contribution in [-0.4, -0.2) is 37.3 Å². The lowest BCUT2D eigenvalue weighted by molar-refractivity contribution is 0.384. The summed E-state index contributed by atoms with van der Waals surface area (Å²) < 4.78 is 18.8. The third-order valence-electron chi connectivity index (χ3n) is 6.70. The van der Waals surface area contributed by atoms with E-state index in [1.165, 1.54) is 18.7 Å². The van der Waals surface area contributed by atoms with Crippen LogP contribution in [0.1, 0.15) is 62.1 Å². The van der Waals surface area contributed by atoms with Crippen LogP contribution in [0.4, 0.5) is 10.2 Å². The molecule has 0 spiro atoms. The van der Waals surface area contributed by atoms with Crippen molar-refractivity contribution in [3.05, 3.63) is 53.5 Å². The third-order valence-corrected chi connectivity index (χ3v) is 6.70. The zero-order valence-corrected chi connectivity index (χ0v) is 18.0. The fourth-order valence-electron chi connectivity index (χ4n) is 4.79. The fraction of sp³-hybridized carbons (Fsp3) is 0.542. The molecule has 3 N–H and O–H groups in total. The van der Waals surface area contributed by atoms with Gasteiger partial charge in [0.25, 0.3) is 0 Å². The molecule has 1 saturated carbocycles. The van der Waals surface area contributed by atoms with Crippen molar-refractivity contribution in [3.63, 3.8) is 0 Å². The molecule has 30 heavy (non-hydrogen) atoms. The number of aromatic nitrogens is 1. The molecule has 2 fully saturated rings. The van der Waals surface area contributed by atoms with Gasteiger partial charge in [0.15, 0.2) is 11.6 Å². The molecule has 2 aliphatic rings. The predicted molar refractivity (Wildman–Crippen MR) is 119 cm³/mol. The minimum absolute atomic E-state index is 0.147. The number of pyridine rings is 1. The first-order chi connectivity index (χ1) is 14.5. The summed E-state index contributed by atoms with van der Waals surface area (Å²) >= 11 is 0. The van der Waals surface area contributed by atoms with Gasteiger partial charge in [0.05, 0.1) is 7.11 Å². The van der Waals surface area contributed by atoms with Gasteiger partial charge in [-0.2, -0.15) is 0 Å². The minimum Gasteiger partial charge on any atom is -0.494 e. The van der Waals surface area contributed by atoms with Gasteiger partial charge in [0.2, 0.25) is 0 Å². The summed E-state index contributed by atoms with van der Waals surface area (Å²) in [5.41, 5.74) is 8.38. The van der Waals surface area contributed by atoms with E-state index in [-0.39, 0.29) is 11.9 Å². The molecule has 2 aromatic rings. The number of nitrogens with one attached hydrogen (secondary N) is 1. The maximum absolute atomic E-state index is 13.7. The molecule has 0 amide bonds. The number of methoxy groups -OCH3 is 1. The first kappa shape index (κ1) is 21.1. The average Bonchev–Trinajstić information content (AvgIpc) is 3.23. The second kappa shape index (κ2) is 9.31. The molecular formula is C24H33FN4O. The van der Waals surface area contributed by atoms with E-state index in [1.54, 1.807) is 6.07 Å². The zero-order valence-electron chi connectivity index (χ0n) is 18.0. The molecule has 2 heterocycles. The normalized spacial score (nSPS) is 23.5. The molecule has 1 aromatic heterocycles. The Morgan fingerprint density at radius 3 is 2.67 bits per heavy atom. The van der Waals surface area contributed by atoms with E-state index < -0.39 is 0 Å². The molecule has 3 unspecified atom stereocenters. The highest BCUT2D eigenvalue weighted by molar-refractivity contribution is 5.40. The van der Waals surface area contributed by atoms with Gasteiger partial charge in [-0.25, -0.2) is 9.37 Å². The molecule has 1 saturated heterocycles. The van der Waals surface area contributed by atoms with E-state index in [2.05, 4.69) is 35.5 Å². The highest BCUT2D eigenvalue weighted by atomic mass is 19.1. The monoisotopic (exact) mass is 412 g/mol. The van der Waals surface area contributed by atoms with Crippen LogP contribution in [0.15, 0.2) is 36.5 Å². The number of benzene rings is 1. The van der Waals surface area contributed by atoms with E-state index in [9.17, 15) is 4.39 Å². The fourth-order valence-corrected chi connectivity index (χ4v) is 4.79. The Kier molecular flexibility index (Phi) is 6.54. The molecule has 1 aliphatic heterocycles. The Balaban J connectivity index is 1.33. The molecule has 0 radical (unpaired) electrons. The quantitative estimate of drug-likeness (QED) is 0.747. The Morgan fingerprint density at radius 2 is 1.97 bits per heavy atom. The van der Waals surface area contributed by atoms with E-state index in [0.717, 1.165) is 56.6 Å². The van der Waals surface area contributed by atoms with Crippen molar-refractivity contribution in [3.8, 4) is 5.75 Å². The number of anilines is 1. The van der Waals surface area contributed by atoms with Crippen molar-refractivity contribution >= 4 is 5.82 Å². The lowest BCUT2D eigenvalue weighted by Crippen LogP contribution is -2.40. The van der Waals surface area contributed by atoms with Crippen LogP contribution in [0.25, 0.3) is 0 Å². The number of hydrogen-bond acceptors (Lipinski definition) is 5. The zero-order chi connectivity index (χ0) is 21.1. The van der Waals surface area contributed by atoms with Crippen LogP contribution in [0.2, 0.25) is 0 Å². The van der Waals surface area contributed by atoms with Crippen LogP contribution < -0.4 is 20.7 Å². The molecule has 162 valence electrons. The first-order valence-electron chi connectivity index (χ1n) is 11.1. The van der Waals surface area contributed by atoms with Gasteiger partial charge >= 0.3 is 0 Å². The number of hydrogen-bond donors (Lipinski definition) is 2. The number of halogens is 1. The van der Waals surface area contributed by atoms with Crippen molar-refractivity contribution in [1.82, 2.24) is 10.3 Å². The Labute approximate surface area is 178 Å². The van der Waals surface area contributed by atoms with Gasteiger partial charge < -0.3 is 20.7 Å². The second-order valence-corrected chi connectivity index (χ2v) is 8.76. The molecule has 4 rings (SSSR count). The number of piperidine rings is 1. The van der Waals surface area contributed by atoms with Gasteiger partial charge in [-0.05, 0) is 74.3 Å². The maximum Gasteiger partial charge on any atom is 0.165 e. The van der Waals surface area contributed by atoms with Crippen molar-refractivity contribution in [1.29, 1.82) is 0 Å². The standard InChI is InChI=1S/C24H33FN4O/c1-16(17-4-7-22(25)23(14-17)30-2)28-21-6-3-18(13-21)19-5-8-24(27-15-19)29-11-9-20(26)10-12-29/h4-5,7-8,14-16,18,20-21,28H,3,6,9-13,26H2,1-2H3. The van der Waals surface area contributed by atoms with Crippen LogP contribution in [0.5, 0.6) is 5.75 Å². The summed E-state index contributed by atoms with van der Waals surface area (Å²) in [5, 5.41) is 3.71. The Morgan fingerprint density at radius 1 is 1.17 bits per heavy atom. The topological polar surface area (TPSA) is 63.4 Å². The first-order valence-corrected chi connectivity index (χ1v) is 11.1. The number of nitrogens with two attached hydrogens (primary N) is 1. The summed E-state index contributed by atoms with van der Waals surface area (Å²) in [4.78, 5) is 7.09. The Bertz CT molecular complexity index is 836. The highest BCUT2D eigenvalue weighted by Gasteiger charge is 2.27. The van der Waals surface area contributed by atoms with E-state index in [0.29, 0.717) is 23.8 Å². The smallest absolute Gasteiger partial charge is 0.165 e. The SMILES string of the molecule is COc1cc(C(C)NC2CCC(c3ccc(N4CCC(N)CC4)nc3)C2)ccc1F. The van der Waals surface area contributed by atoms with Crippen molar-refractivity contribution in [2.24, 2.45) is 5.73 Å². The van der Waals surface area contributed by atoms with Crippen molar-refractivity contribution in [2.45, 2.75) is 63.1 Å². The van der Waals surface area contributed by atoms with Gasteiger partial charge in [-0.3, -0.25) is 0 Å². The number of ether oxygens (including phenoxy) is 1. The van der Waals surface area contributed by atoms with Gasteiger partial charge in [-0.1, -0.05) is 12.1 Å². The number of rotatable bonds is 6. The van der Waals surface area contributed by atoms with Crippen LogP contribution in [-0.2, 0) is 0 Å². The molecule has 1 aromatic carbocycles. The van der Waals surface area contributed by atoms with Gasteiger partial charge in [0.1, 0.15) is 5.82 Å². The van der Waals surface area contributed by atoms with Crippen LogP contribution in [0, 0.1) is 5.82 Å². The lowest BCUT2D eigenvalue weighted by Gasteiger charge is -2.31. The van der Waals surface area contributed by atoms with Crippen LogP contribution in [0.3, 0.4) is 0 Å². The highest BCUT2D eigenvalue weighted by Crippen LogP contribution is 2.36. The molecule has 3 atom stereocenters. The third kappa shape index (κ3) is 4.76. The number of nitrogens with zero attached hydrogens (tertiary/aromatic N) is 2. The molecular weight excluding hydrogens is 379 g/mol.